The number of hydrogen-bond donors (Lipinski definition) is 0. The van der Waals surface area contributed by atoms with E-state index in [1.54, 1.807) is 0 Å². The van der Waals surface area contributed by atoms with Crippen LogP contribution < -0.4 is 0 Å². The highest BCUT2D eigenvalue weighted by Crippen LogP contribution is 2.35. The van der Waals surface area contributed by atoms with Gasteiger partial charge in [0, 0.05) is 6.54 Å². The highest BCUT2D eigenvalue weighted by Gasteiger charge is 2.35. The molecular weight excluding hydrogens is 308 g/mol. The fourth-order valence-corrected chi connectivity index (χ4v) is 3.54. The molecule has 1 atom stereocenters. The number of piperidine rings is 3. The monoisotopic (exact) mass is 322 g/mol. The summed E-state index contributed by atoms with van der Waals surface area (Å²) in [4.78, 5) is 2.52. The second-order valence-electron chi connectivity index (χ2n) is 5.39. The maximum absolute atomic E-state index is 5.52. The van der Waals surface area contributed by atoms with Gasteiger partial charge in [0.1, 0.15) is 5.69 Å². The van der Waals surface area contributed by atoms with Gasteiger partial charge in [0.05, 0.1) is 12.2 Å². The number of fused-ring (bicyclic) bond motifs is 3. The lowest BCUT2D eigenvalue weighted by atomic mass is 9.84. The van der Waals surface area contributed by atoms with Crippen molar-refractivity contribution in [1.82, 2.24) is 19.9 Å². The molecule has 0 spiro atoms. The molecule has 0 amide bonds. The van der Waals surface area contributed by atoms with Gasteiger partial charge in [0.15, 0.2) is 10.4 Å². The smallest absolute Gasteiger partial charge is 0.169 e. The molecular formula is C13H15BrN4O. The van der Waals surface area contributed by atoms with Crippen LogP contribution in [0.2, 0.25) is 0 Å². The van der Waals surface area contributed by atoms with Crippen LogP contribution in [0.4, 0.5) is 0 Å². The summed E-state index contributed by atoms with van der Waals surface area (Å²) in [6.07, 6.45) is 4.58. The molecule has 6 heteroatoms. The van der Waals surface area contributed by atoms with E-state index in [1.165, 1.54) is 25.9 Å². The van der Waals surface area contributed by atoms with Crippen molar-refractivity contribution < 1.29 is 4.42 Å². The van der Waals surface area contributed by atoms with Crippen LogP contribution in [-0.4, -0.2) is 39.5 Å². The van der Waals surface area contributed by atoms with Crippen LogP contribution in [0.5, 0.6) is 0 Å². The molecule has 2 aromatic heterocycles. The minimum absolute atomic E-state index is 0.474. The minimum Gasteiger partial charge on any atom is -0.448 e. The summed E-state index contributed by atoms with van der Waals surface area (Å²) in [6, 6.07) is 4.26. The molecule has 3 saturated heterocycles. The molecule has 19 heavy (non-hydrogen) atoms. The molecule has 2 bridgehead atoms. The topological polar surface area (TPSA) is 47.1 Å². The summed E-state index contributed by atoms with van der Waals surface area (Å²) in [5.41, 5.74) is 0.808. The van der Waals surface area contributed by atoms with E-state index in [1.807, 2.05) is 23.0 Å². The average Bonchev–Trinajstić information content (AvgIpc) is 3.08. The van der Waals surface area contributed by atoms with Gasteiger partial charge in [-0.05, 0) is 59.9 Å². The Balaban J connectivity index is 1.61. The molecule has 5 heterocycles. The zero-order valence-electron chi connectivity index (χ0n) is 10.5. The molecule has 5 nitrogen and oxygen atoms in total. The minimum atomic E-state index is 0.474. The van der Waals surface area contributed by atoms with E-state index in [9.17, 15) is 0 Å². The van der Waals surface area contributed by atoms with Crippen LogP contribution >= 0.6 is 15.9 Å². The van der Waals surface area contributed by atoms with Crippen LogP contribution in [0.15, 0.2) is 27.4 Å². The maximum atomic E-state index is 5.52. The predicted octanol–water partition coefficient (Wildman–Crippen LogP) is 2.57. The van der Waals surface area contributed by atoms with Gasteiger partial charge < -0.3 is 9.32 Å². The van der Waals surface area contributed by atoms with Gasteiger partial charge in [-0.3, -0.25) is 0 Å². The van der Waals surface area contributed by atoms with E-state index >= 15 is 0 Å². The van der Waals surface area contributed by atoms with E-state index in [0.717, 1.165) is 28.6 Å². The first-order chi connectivity index (χ1) is 9.29. The van der Waals surface area contributed by atoms with E-state index in [-0.39, 0.29) is 0 Å². The van der Waals surface area contributed by atoms with Crippen LogP contribution in [0.25, 0.3) is 11.5 Å². The zero-order valence-corrected chi connectivity index (χ0v) is 12.1. The fraction of sp³-hybridized carbons (Fsp3) is 0.538. The van der Waals surface area contributed by atoms with Crippen LogP contribution in [0.3, 0.4) is 0 Å². The molecule has 0 aliphatic carbocycles. The normalized spacial score (nSPS) is 29.8. The van der Waals surface area contributed by atoms with Crippen molar-refractivity contribution in [3.8, 4) is 11.5 Å². The third-order valence-corrected chi connectivity index (χ3v) is 4.72. The highest BCUT2D eigenvalue weighted by molar-refractivity contribution is 9.10. The first-order valence-corrected chi connectivity index (χ1v) is 7.49. The van der Waals surface area contributed by atoms with Crippen molar-refractivity contribution >= 4 is 15.9 Å². The van der Waals surface area contributed by atoms with E-state index in [0.29, 0.717) is 6.04 Å². The molecule has 0 N–H and O–H groups in total. The second-order valence-corrected chi connectivity index (χ2v) is 6.17. The van der Waals surface area contributed by atoms with E-state index in [4.69, 9.17) is 4.42 Å². The molecule has 3 aliphatic heterocycles. The Morgan fingerprint density at radius 2 is 2.11 bits per heavy atom. The number of furan rings is 1. The quantitative estimate of drug-likeness (QED) is 0.852. The molecule has 3 aliphatic rings. The van der Waals surface area contributed by atoms with E-state index < -0.39 is 0 Å². The molecule has 0 aromatic carbocycles. The lowest BCUT2D eigenvalue weighted by Gasteiger charge is -2.44. The maximum Gasteiger partial charge on any atom is 0.169 e. The SMILES string of the molecule is Brc1ccc(-c2cn([C@H]3CN4CCC3CC4)nn2)o1. The fourth-order valence-electron chi connectivity index (χ4n) is 3.24. The lowest BCUT2D eigenvalue weighted by Crippen LogP contribution is -2.48. The van der Waals surface area contributed by atoms with E-state index in [2.05, 4.69) is 31.1 Å². The predicted molar refractivity (Wildman–Crippen MR) is 73.6 cm³/mol. The van der Waals surface area contributed by atoms with Crippen LogP contribution in [0, 0.1) is 5.92 Å². The Labute approximate surface area is 119 Å². The van der Waals surface area contributed by atoms with Gasteiger partial charge in [-0.1, -0.05) is 5.21 Å². The number of halogens is 1. The van der Waals surface area contributed by atoms with Gasteiger partial charge in [-0.2, -0.15) is 0 Å². The summed E-state index contributed by atoms with van der Waals surface area (Å²) >= 11 is 3.31. The standard InChI is InChI=1S/C13H15BrN4O/c14-13-2-1-12(19-13)10-7-18(16-15-10)11-8-17-5-3-9(11)4-6-17/h1-2,7,9,11H,3-6,8H2/t11-/m0/s1. The first-order valence-electron chi connectivity index (χ1n) is 6.69. The van der Waals surface area contributed by atoms with Crippen molar-refractivity contribution in [2.24, 2.45) is 5.92 Å². The van der Waals surface area contributed by atoms with Gasteiger partial charge in [-0.15, -0.1) is 5.10 Å². The Hall–Kier alpha value is -1.14. The summed E-state index contributed by atoms with van der Waals surface area (Å²) in [5, 5.41) is 8.55. The number of hydrogen-bond acceptors (Lipinski definition) is 4. The zero-order chi connectivity index (χ0) is 12.8. The Kier molecular flexibility index (Phi) is 2.73. The van der Waals surface area contributed by atoms with Crippen LogP contribution in [-0.2, 0) is 0 Å². The lowest BCUT2D eigenvalue weighted by molar-refractivity contribution is 0.0504. The number of aromatic nitrogens is 3. The van der Waals surface area contributed by atoms with Gasteiger partial charge >= 0.3 is 0 Å². The first kappa shape index (κ1) is 11.7. The summed E-state index contributed by atoms with van der Waals surface area (Å²) < 4.78 is 8.27. The molecule has 100 valence electrons. The molecule has 0 unspecified atom stereocenters. The highest BCUT2D eigenvalue weighted by atomic mass is 79.9. The largest absolute Gasteiger partial charge is 0.448 e. The molecule has 2 aromatic rings. The summed E-state index contributed by atoms with van der Waals surface area (Å²) in [7, 11) is 0. The molecule has 5 rings (SSSR count). The number of rotatable bonds is 2. The van der Waals surface area contributed by atoms with Gasteiger partial charge in [-0.25, -0.2) is 4.68 Å². The van der Waals surface area contributed by atoms with Crippen molar-refractivity contribution in [1.29, 1.82) is 0 Å². The Morgan fingerprint density at radius 3 is 2.74 bits per heavy atom. The third-order valence-electron chi connectivity index (χ3n) is 4.30. The van der Waals surface area contributed by atoms with Gasteiger partial charge in [0.2, 0.25) is 0 Å². The molecule has 0 radical (unpaired) electrons. The van der Waals surface area contributed by atoms with Crippen LogP contribution in [0.1, 0.15) is 18.9 Å². The second kappa shape index (κ2) is 4.45. The van der Waals surface area contributed by atoms with Crippen molar-refractivity contribution in [3.05, 3.63) is 23.0 Å². The summed E-state index contributed by atoms with van der Waals surface area (Å²) in [5.74, 6) is 1.52. The van der Waals surface area contributed by atoms with Crippen molar-refractivity contribution in [2.75, 3.05) is 19.6 Å². The third kappa shape index (κ3) is 2.03. The average molecular weight is 323 g/mol. The molecule has 3 fully saturated rings. The molecule has 0 saturated carbocycles. The number of nitrogens with zero attached hydrogens (tertiary/aromatic N) is 4. The van der Waals surface area contributed by atoms with Gasteiger partial charge in [0.25, 0.3) is 0 Å². The Morgan fingerprint density at radius 1 is 1.26 bits per heavy atom. The van der Waals surface area contributed by atoms with Crippen molar-refractivity contribution in [3.63, 3.8) is 0 Å². The Bertz CT molecular complexity index is 585. The van der Waals surface area contributed by atoms with Crippen molar-refractivity contribution in [2.45, 2.75) is 18.9 Å². The summed E-state index contributed by atoms with van der Waals surface area (Å²) in [6.45, 7) is 3.59.